The molecule has 2 aromatic rings. The zero-order chi connectivity index (χ0) is 16.0. The monoisotopic (exact) mass is 337 g/mol. The fraction of sp³-hybridized carbons (Fsp3) is 0.125. The highest BCUT2D eigenvalue weighted by atomic mass is 35.5. The Morgan fingerprint density at radius 3 is 2.32 bits per heavy atom. The summed E-state index contributed by atoms with van der Waals surface area (Å²) in [5.74, 6) is 0. The Morgan fingerprint density at radius 1 is 1.05 bits per heavy atom. The lowest BCUT2D eigenvalue weighted by Crippen LogP contribution is -2.31. The van der Waals surface area contributed by atoms with Crippen LogP contribution in [0.2, 0.25) is 5.02 Å². The predicted molar refractivity (Wildman–Crippen MR) is 90.3 cm³/mol. The second-order valence-electron chi connectivity index (χ2n) is 4.50. The molecule has 0 heterocycles. The summed E-state index contributed by atoms with van der Waals surface area (Å²) in [5.41, 5.74) is 1.12. The molecule has 0 saturated heterocycles. The summed E-state index contributed by atoms with van der Waals surface area (Å²) >= 11 is 6.01. The van der Waals surface area contributed by atoms with Crippen LogP contribution in [0.5, 0.6) is 0 Å². The van der Waals surface area contributed by atoms with Crippen molar-refractivity contribution in [1.82, 2.24) is 0 Å². The number of hydrogen-bond donors (Lipinski definition) is 1. The number of hydrogen-bond acceptors (Lipinski definition) is 3. The number of rotatable bonds is 6. The Labute approximate surface area is 135 Å². The number of aliphatic hydroxyl groups excluding tert-OH is 1. The van der Waals surface area contributed by atoms with Gasteiger partial charge in [0, 0.05) is 5.02 Å². The third-order valence-corrected chi connectivity index (χ3v) is 4.81. The minimum absolute atomic E-state index is 0.0147. The van der Waals surface area contributed by atoms with Crippen LogP contribution >= 0.6 is 11.6 Å². The van der Waals surface area contributed by atoms with Crippen LogP contribution in [0.15, 0.2) is 60.0 Å². The number of sulfonamides is 1. The van der Waals surface area contributed by atoms with Gasteiger partial charge in [-0.25, -0.2) is 8.42 Å². The standard InChI is InChI=1S/C16H16ClNO3S/c17-16-9-5-4-6-14(16)10-13-22(20,21)18(11-12-19)15-7-2-1-3-8-15/h1-10,13,19H,11-12H2/b13-10+. The van der Waals surface area contributed by atoms with Gasteiger partial charge in [-0.2, -0.15) is 0 Å². The maximum absolute atomic E-state index is 12.5. The van der Waals surface area contributed by atoms with Gasteiger partial charge in [0.1, 0.15) is 0 Å². The van der Waals surface area contributed by atoms with Crippen molar-refractivity contribution < 1.29 is 13.5 Å². The highest BCUT2D eigenvalue weighted by molar-refractivity contribution is 7.95. The Hall–Kier alpha value is -1.82. The molecule has 2 rings (SSSR count). The van der Waals surface area contributed by atoms with E-state index in [1.807, 2.05) is 0 Å². The average molecular weight is 338 g/mol. The zero-order valence-corrected chi connectivity index (χ0v) is 13.3. The number of anilines is 1. The van der Waals surface area contributed by atoms with E-state index in [0.717, 1.165) is 9.71 Å². The van der Waals surface area contributed by atoms with Crippen molar-refractivity contribution in [3.63, 3.8) is 0 Å². The molecule has 0 atom stereocenters. The average Bonchev–Trinajstić information content (AvgIpc) is 2.52. The van der Waals surface area contributed by atoms with Crippen molar-refractivity contribution in [2.24, 2.45) is 0 Å². The third kappa shape index (κ3) is 4.10. The molecule has 0 fully saturated rings. The van der Waals surface area contributed by atoms with Crippen LogP contribution in [-0.4, -0.2) is 26.7 Å². The lowest BCUT2D eigenvalue weighted by Gasteiger charge is -2.21. The molecule has 0 unspecified atom stereocenters. The highest BCUT2D eigenvalue weighted by Gasteiger charge is 2.19. The topological polar surface area (TPSA) is 57.6 Å². The van der Waals surface area contributed by atoms with Gasteiger partial charge in [0.05, 0.1) is 24.2 Å². The Balaban J connectivity index is 2.32. The van der Waals surface area contributed by atoms with Gasteiger partial charge in [-0.1, -0.05) is 48.0 Å². The highest BCUT2D eigenvalue weighted by Crippen LogP contribution is 2.21. The molecule has 6 heteroatoms. The van der Waals surface area contributed by atoms with Crippen LogP contribution in [0.3, 0.4) is 0 Å². The van der Waals surface area contributed by atoms with Crippen molar-refractivity contribution in [1.29, 1.82) is 0 Å². The smallest absolute Gasteiger partial charge is 0.257 e. The molecule has 4 nitrogen and oxygen atoms in total. The van der Waals surface area contributed by atoms with E-state index in [1.165, 1.54) is 6.08 Å². The SMILES string of the molecule is O=S(=O)(/C=C/c1ccccc1Cl)N(CCO)c1ccccc1. The second kappa shape index (κ2) is 7.45. The number of nitrogens with zero attached hydrogens (tertiary/aromatic N) is 1. The maximum atomic E-state index is 12.5. The number of aliphatic hydroxyl groups is 1. The molecule has 1 N–H and O–H groups in total. The summed E-state index contributed by atoms with van der Waals surface area (Å²) < 4.78 is 26.1. The van der Waals surface area contributed by atoms with Crippen molar-refractivity contribution >= 4 is 33.4 Å². The molecule has 0 aliphatic rings. The van der Waals surface area contributed by atoms with Gasteiger partial charge in [-0.3, -0.25) is 4.31 Å². The van der Waals surface area contributed by atoms with E-state index in [-0.39, 0.29) is 13.2 Å². The molecular weight excluding hydrogens is 322 g/mol. The fourth-order valence-electron chi connectivity index (χ4n) is 1.93. The van der Waals surface area contributed by atoms with E-state index in [2.05, 4.69) is 0 Å². The first-order valence-electron chi connectivity index (χ1n) is 6.66. The molecule has 0 aromatic heterocycles. The molecule has 116 valence electrons. The van der Waals surface area contributed by atoms with Gasteiger partial charge in [-0.05, 0) is 29.8 Å². The van der Waals surface area contributed by atoms with Crippen LogP contribution in [0.25, 0.3) is 6.08 Å². The second-order valence-corrected chi connectivity index (χ2v) is 6.65. The van der Waals surface area contributed by atoms with Crippen LogP contribution in [-0.2, 0) is 10.0 Å². The van der Waals surface area contributed by atoms with Gasteiger partial charge in [0.15, 0.2) is 0 Å². The normalized spacial score (nSPS) is 11.7. The quantitative estimate of drug-likeness (QED) is 0.881. The van der Waals surface area contributed by atoms with Crippen molar-refractivity contribution in [2.75, 3.05) is 17.5 Å². The van der Waals surface area contributed by atoms with E-state index < -0.39 is 10.0 Å². The number of para-hydroxylation sites is 1. The molecule has 2 aromatic carbocycles. The molecule has 0 bridgehead atoms. The minimum atomic E-state index is -3.72. The van der Waals surface area contributed by atoms with E-state index in [4.69, 9.17) is 16.7 Å². The maximum Gasteiger partial charge on any atom is 0.257 e. The van der Waals surface area contributed by atoms with Crippen molar-refractivity contribution in [3.8, 4) is 0 Å². The lowest BCUT2D eigenvalue weighted by molar-refractivity contribution is 0.307. The summed E-state index contributed by atoms with van der Waals surface area (Å²) in [6.07, 6.45) is 1.45. The molecule has 22 heavy (non-hydrogen) atoms. The van der Waals surface area contributed by atoms with Crippen molar-refractivity contribution in [2.45, 2.75) is 0 Å². The number of halogens is 1. The molecule has 0 aliphatic heterocycles. The molecule has 0 amide bonds. The van der Waals surface area contributed by atoms with Crippen LogP contribution in [0, 0.1) is 0 Å². The summed E-state index contributed by atoms with van der Waals surface area (Å²) in [6, 6.07) is 15.6. The summed E-state index contributed by atoms with van der Waals surface area (Å²) in [5, 5.41) is 10.7. The van der Waals surface area contributed by atoms with E-state index >= 15 is 0 Å². The van der Waals surface area contributed by atoms with Gasteiger partial charge in [0.2, 0.25) is 0 Å². The fourth-order valence-corrected chi connectivity index (χ4v) is 3.35. The largest absolute Gasteiger partial charge is 0.394 e. The molecule has 0 spiro atoms. The predicted octanol–water partition coefficient (Wildman–Crippen LogP) is 3.14. The molecule has 0 aliphatic carbocycles. The number of benzene rings is 2. The molecular formula is C16H16ClNO3S. The first-order valence-corrected chi connectivity index (χ1v) is 8.54. The summed E-state index contributed by atoms with van der Waals surface area (Å²) in [6.45, 7) is -0.284. The van der Waals surface area contributed by atoms with E-state index in [1.54, 1.807) is 54.6 Å². The van der Waals surface area contributed by atoms with Crippen LogP contribution in [0.4, 0.5) is 5.69 Å². The summed E-state index contributed by atoms with van der Waals surface area (Å²) in [4.78, 5) is 0. The Kier molecular flexibility index (Phi) is 5.60. The molecule has 0 radical (unpaired) electrons. The molecule has 0 saturated carbocycles. The lowest BCUT2D eigenvalue weighted by atomic mass is 10.2. The third-order valence-electron chi connectivity index (χ3n) is 2.98. The van der Waals surface area contributed by atoms with Gasteiger partial charge < -0.3 is 5.11 Å². The Morgan fingerprint density at radius 2 is 1.68 bits per heavy atom. The Bertz CT molecular complexity index is 745. The van der Waals surface area contributed by atoms with E-state index in [0.29, 0.717) is 16.3 Å². The van der Waals surface area contributed by atoms with Gasteiger partial charge in [-0.15, -0.1) is 0 Å². The van der Waals surface area contributed by atoms with E-state index in [9.17, 15) is 8.42 Å². The first kappa shape index (κ1) is 16.5. The van der Waals surface area contributed by atoms with Crippen LogP contribution < -0.4 is 4.31 Å². The van der Waals surface area contributed by atoms with Gasteiger partial charge >= 0.3 is 0 Å². The minimum Gasteiger partial charge on any atom is -0.394 e. The zero-order valence-electron chi connectivity index (χ0n) is 11.8. The first-order chi connectivity index (χ1) is 10.5. The van der Waals surface area contributed by atoms with Crippen LogP contribution in [0.1, 0.15) is 5.56 Å². The summed E-state index contributed by atoms with van der Waals surface area (Å²) in [7, 11) is -3.72. The van der Waals surface area contributed by atoms with Gasteiger partial charge in [0.25, 0.3) is 10.0 Å². The van der Waals surface area contributed by atoms with Crippen molar-refractivity contribution in [3.05, 3.63) is 70.6 Å².